The van der Waals surface area contributed by atoms with Crippen LogP contribution in [0.5, 0.6) is 5.75 Å². The molecule has 2 N–H and O–H groups in total. The molecule has 3 rings (SSSR count). The van der Waals surface area contributed by atoms with Crippen LogP contribution in [0, 0.1) is 0 Å². The van der Waals surface area contributed by atoms with Gasteiger partial charge in [-0.2, -0.15) is 0 Å². The molecule has 0 aliphatic carbocycles. The third kappa shape index (κ3) is 5.91. The van der Waals surface area contributed by atoms with Gasteiger partial charge in [0.2, 0.25) is 0 Å². The number of hydrogen-bond acceptors (Lipinski definition) is 6. The Kier molecular flexibility index (Phi) is 8.88. The number of ether oxygens (including phenoxy) is 1. The van der Waals surface area contributed by atoms with Crippen molar-refractivity contribution >= 4 is 10.9 Å². The number of aliphatic hydroxyl groups is 2. The number of piperazine rings is 1. The SMILES string of the molecule is CCCCCCCN1CCN(C[C@@H](O)c2ccnc3ccc(OC)cc23)C[C@H]1CO. The van der Waals surface area contributed by atoms with Gasteiger partial charge in [0.15, 0.2) is 0 Å². The highest BCUT2D eigenvalue weighted by Gasteiger charge is 2.27. The molecular weight excluding hydrogens is 378 g/mol. The lowest BCUT2D eigenvalue weighted by Gasteiger charge is -2.41. The third-order valence-electron chi connectivity index (χ3n) is 6.22. The number of nitrogens with zero attached hydrogens (tertiary/aromatic N) is 3. The van der Waals surface area contributed by atoms with E-state index in [0.717, 1.165) is 48.4 Å². The van der Waals surface area contributed by atoms with Gasteiger partial charge in [-0.1, -0.05) is 32.6 Å². The number of rotatable bonds is 11. The van der Waals surface area contributed by atoms with Gasteiger partial charge in [-0.3, -0.25) is 14.8 Å². The molecule has 0 radical (unpaired) electrons. The van der Waals surface area contributed by atoms with E-state index < -0.39 is 6.10 Å². The molecule has 0 amide bonds. The van der Waals surface area contributed by atoms with Crippen LogP contribution in [0.15, 0.2) is 30.5 Å². The minimum Gasteiger partial charge on any atom is -0.497 e. The molecule has 166 valence electrons. The summed E-state index contributed by atoms with van der Waals surface area (Å²) in [7, 11) is 1.64. The van der Waals surface area contributed by atoms with E-state index >= 15 is 0 Å². The van der Waals surface area contributed by atoms with Crippen LogP contribution in [0.1, 0.15) is 50.7 Å². The fourth-order valence-electron chi connectivity index (χ4n) is 4.42. The van der Waals surface area contributed by atoms with Crippen molar-refractivity contribution in [2.24, 2.45) is 0 Å². The van der Waals surface area contributed by atoms with E-state index in [0.29, 0.717) is 6.54 Å². The molecule has 6 heteroatoms. The summed E-state index contributed by atoms with van der Waals surface area (Å²) in [6.07, 6.45) is 7.48. The molecule has 0 spiro atoms. The number of aromatic nitrogens is 1. The van der Waals surface area contributed by atoms with E-state index in [-0.39, 0.29) is 12.6 Å². The number of methoxy groups -OCH3 is 1. The smallest absolute Gasteiger partial charge is 0.119 e. The van der Waals surface area contributed by atoms with E-state index in [2.05, 4.69) is 21.7 Å². The molecule has 1 aliphatic heterocycles. The second-order valence-corrected chi connectivity index (χ2v) is 8.35. The molecule has 0 bridgehead atoms. The predicted octanol–water partition coefficient (Wildman–Crippen LogP) is 3.23. The van der Waals surface area contributed by atoms with Crippen molar-refractivity contribution in [2.45, 2.75) is 51.2 Å². The van der Waals surface area contributed by atoms with Gasteiger partial charge in [0.1, 0.15) is 5.75 Å². The molecule has 1 saturated heterocycles. The number of pyridine rings is 1. The van der Waals surface area contributed by atoms with Crippen LogP contribution in [0.2, 0.25) is 0 Å². The highest BCUT2D eigenvalue weighted by atomic mass is 16.5. The Morgan fingerprint density at radius 2 is 2.00 bits per heavy atom. The summed E-state index contributed by atoms with van der Waals surface area (Å²) in [5.41, 5.74) is 1.73. The summed E-state index contributed by atoms with van der Waals surface area (Å²) >= 11 is 0. The lowest BCUT2D eigenvalue weighted by atomic mass is 10.0. The van der Waals surface area contributed by atoms with Gasteiger partial charge < -0.3 is 14.9 Å². The number of unbranched alkanes of at least 4 members (excludes halogenated alkanes) is 4. The first-order valence-electron chi connectivity index (χ1n) is 11.3. The largest absolute Gasteiger partial charge is 0.497 e. The van der Waals surface area contributed by atoms with Crippen LogP contribution in [0.25, 0.3) is 10.9 Å². The summed E-state index contributed by atoms with van der Waals surface area (Å²) in [5, 5.41) is 21.8. The average Bonchev–Trinajstić information content (AvgIpc) is 2.78. The first-order valence-corrected chi connectivity index (χ1v) is 11.3. The van der Waals surface area contributed by atoms with Crippen LogP contribution in [-0.4, -0.2) is 77.5 Å². The zero-order valence-corrected chi connectivity index (χ0v) is 18.5. The van der Waals surface area contributed by atoms with E-state index in [4.69, 9.17) is 4.74 Å². The van der Waals surface area contributed by atoms with Crippen LogP contribution < -0.4 is 4.74 Å². The number of benzene rings is 1. The molecule has 1 aliphatic rings. The maximum Gasteiger partial charge on any atom is 0.119 e. The minimum absolute atomic E-state index is 0.145. The Hall–Kier alpha value is -1.73. The number of aliphatic hydroxyl groups excluding tert-OH is 2. The quantitative estimate of drug-likeness (QED) is 0.549. The molecule has 1 aromatic heterocycles. The van der Waals surface area contributed by atoms with Crippen molar-refractivity contribution in [3.8, 4) is 5.75 Å². The van der Waals surface area contributed by atoms with Gasteiger partial charge in [-0.25, -0.2) is 0 Å². The summed E-state index contributed by atoms with van der Waals surface area (Å²) in [6, 6.07) is 7.78. The lowest BCUT2D eigenvalue weighted by Crippen LogP contribution is -2.55. The fourth-order valence-corrected chi connectivity index (χ4v) is 4.42. The van der Waals surface area contributed by atoms with Gasteiger partial charge in [0, 0.05) is 43.8 Å². The highest BCUT2D eigenvalue weighted by Crippen LogP contribution is 2.27. The Morgan fingerprint density at radius 1 is 1.17 bits per heavy atom. The maximum atomic E-state index is 11.0. The van der Waals surface area contributed by atoms with Crippen LogP contribution in [-0.2, 0) is 0 Å². The van der Waals surface area contributed by atoms with Crippen molar-refractivity contribution in [1.29, 1.82) is 0 Å². The molecule has 2 heterocycles. The number of fused-ring (bicyclic) bond motifs is 1. The van der Waals surface area contributed by atoms with E-state index in [1.165, 1.54) is 32.1 Å². The lowest BCUT2D eigenvalue weighted by molar-refractivity contribution is 0.0170. The minimum atomic E-state index is -0.609. The fraction of sp³-hybridized carbons (Fsp3) is 0.625. The second-order valence-electron chi connectivity index (χ2n) is 8.35. The Balaban J connectivity index is 1.59. The first kappa shape index (κ1) is 22.9. The van der Waals surface area contributed by atoms with E-state index in [1.54, 1.807) is 13.3 Å². The molecule has 0 unspecified atom stereocenters. The molecule has 0 saturated carbocycles. The van der Waals surface area contributed by atoms with Gasteiger partial charge in [0.25, 0.3) is 0 Å². The summed E-state index contributed by atoms with van der Waals surface area (Å²) in [5.74, 6) is 0.761. The van der Waals surface area contributed by atoms with Crippen LogP contribution in [0.4, 0.5) is 0 Å². The molecule has 6 nitrogen and oxygen atoms in total. The Labute approximate surface area is 180 Å². The van der Waals surface area contributed by atoms with Crippen molar-refractivity contribution < 1.29 is 14.9 Å². The van der Waals surface area contributed by atoms with Crippen molar-refractivity contribution in [3.05, 3.63) is 36.0 Å². The first-order chi connectivity index (χ1) is 14.7. The zero-order chi connectivity index (χ0) is 21.3. The van der Waals surface area contributed by atoms with Gasteiger partial charge in [-0.05, 0) is 42.8 Å². The molecular formula is C24H37N3O3. The summed E-state index contributed by atoms with van der Waals surface area (Å²) in [4.78, 5) is 9.10. The Bertz CT molecular complexity index is 785. The van der Waals surface area contributed by atoms with Crippen molar-refractivity contribution in [1.82, 2.24) is 14.8 Å². The van der Waals surface area contributed by atoms with E-state index in [9.17, 15) is 10.2 Å². The molecule has 2 atom stereocenters. The molecule has 1 fully saturated rings. The summed E-state index contributed by atoms with van der Waals surface area (Å²) in [6.45, 7) is 6.65. The van der Waals surface area contributed by atoms with Gasteiger partial charge in [-0.15, -0.1) is 0 Å². The standard InChI is InChI=1S/C24H37N3O3/c1-3-4-5-6-7-12-27-14-13-26(16-19(27)18-28)17-24(29)21-10-11-25-23-9-8-20(30-2)15-22(21)23/h8-11,15,19,24,28-29H,3-7,12-14,16-18H2,1-2H3/t19-,24+/m0/s1. The number of hydrogen-bond donors (Lipinski definition) is 2. The topological polar surface area (TPSA) is 69.1 Å². The highest BCUT2D eigenvalue weighted by molar-refractivity contribution is 5.83. The molecule has 1 aromatic carbocycles. The monoisotopic (exact) mass is 415 g/mol. The normalized spacial score (nSPS) is 19.3. The van der Waals surface area contributed by atoms with Crippen molar-refractivity contribution in [3.63, 3.8) is 0 Å². The van der Waals surface area contributed by atoms with Crippen LogP contribution in [0.3, 0.4) is 0 Å². The molecule has 30 heavy (non-hydrogen) atoms. The zero-order valence-electron chi connectivity index (χ0n) is 18.5. The van der Waals surface area contributed by atoms with Crippen LogP contribution >= 0.6 is 0 Å². The predicted molar refractivity (Wildman–Crippen MR) is 121 cm³/mol. The van der Waals surface area contributed by atoms with E-state index in [1.807, 2.05) is 24.3 Å². The third-order valence-corrected chi connectivity index (χ3v) is 6.22. The van der Waals surface area contributed by atoms with Crippen molar-refractivity contribution in [2.75, 3.05) is 46.4 Å². The van der Waals surface area contributed by atoms with Gasteiger partial charge in [0.05, 0.1) is 25.3 Å². The average molecular weight is 416 g/mol. The molecule has 2 aromatic rings. The second kappa shape index (κ2) is 11.6. The maximum absolute atomic E-state index is 11.0. The number of β-amino-alcohol motifs (C(OH)–C–C–N with tert-alkyl or cyclic N) is 1. The van der Waals surface area contributed by atoms with Gasteiger partial charge >= 0.3 is 0 Å². The summed E-state index contributed by atoms with van der Waals surface area (Å²) < 4.78 is 5.35. The Morgan fingerprint density at radius 3 is 2.77 bits per heavy atom.